The molecular weight excluding hydrogens is 247 g/mol. The first kappa shape index (κ1) is 13.9. The van der Waals surface area contributed by atoms with Gasteiger partial charge in [0, 0.05) is 24.4 Å². The molecule has 17 heavy (non-hydrogen) atoms. The minimum Gasteiger partial charge on any atom is -0.380 e. The fourth-order valence-corrected chi connectivity index (χ4v) is 1.53. The highest BCUT2D eigenvalue weighted by atomic mass is 35.5. The van der Waals surface area contributed by atoms with Gasteiger partial charge >= 0.3 is 0 Å². The second-order valence-corrected chi connectivity index (χ2v) is 3.94. The van der Waals surface area contributed by atoms with E-state index in [1.54, 1.807) is 0 Å². The highest BCUT2D eigenvalue weighted by molar-refractivity contribution is 6.30. The average Bonchev–Trinajstić information content (AvgIpc) is 2.24. The molecule has 0 bridgehead atoms. The normalized spacial score (nSPS) is 12.2. The minimum atomic E-state index is -0.505. The molecule has 3 N–H and O–H groups in total. The second kappa shape index (κ2) is 6.54. The largest absolute Gasteiger partial charge is 0.380 e. The van der Waals surface area contributed by atoms with Crippen molar-refractivity contribution in [2.75, 3.05) is 19.0 Å². The van der Waals surface area contributed by atoms with E-state index >= 15 is 0 Å². The van der Waals surface area contributed by atoms with Crippen LogP contribution in [0.5, 0.6) is 0 Å². The van der Waals surface area contributed by atoms with Crippen molar-refractivity contribution in [3.8, 4) is 0 Å². The Labute approximate surface area is 104 Å². The highest BCUT2D eigenvalue weighted by Crippen LogP contribution is 2.18. The van der Waals surface area contributed by atoms with Crippen LogP contribution < -0.4 is 11.1 Å². The zero-order valence-electron chi connectivity index (χ0n) is 9.37. The van der Waals surface area contributed by atoms with Gasteiger partial charge in [-0.25, -0.2) is 4.39 Å². The molecule has 0 aromatic heterocycles. The van der Waals surface area contributed by atoms with Crippen LogP contribution in [0.3, 0.4) is 0 Å². The fraction of sp³-hybridized carbons (Fsp3) is 0.364. The zero-order valence-corrected chi connectivity index (χ0v) is 10.1. The quantitative estimate of drug-likeness (QED) is 0.848. The predicted octanol–water partition coefficient (Wildman–Crippen LogP) is 1.78. The summed E-state index contributed by atoms with van der Waals surface area (Å²) in [6, 6.07) is 3.82. The van der Waals surface area contributed by atoms with Crippen molar-refractivity contribution < 1.29 is 13.9 Å². The Morgan fingerprint density at radius 3 is 2.82 bits per heavy atom. The monoisotopic (exact) mass is 260 g/mol. The van der Waals surface area contributed by atoms with Crippen LogP contribution in [0.25, 0.3) is 0 Å². The molecule has 1 unspecified atom stereocenters. The van der Waals surface area contributed by atoms with Gasteiger partial charge in [-0.2, -0.15) is 0 Å². The maximum atomic E-state index is 13.0. The number of hydrogen-bond donors (Lipinski definition) is 2. The lowest BCUT2D eigenvalue weighted by Crippen LogP contribution is -2.28. The van der Waals surface area contributed by atoms with Crippen molar-refractivity contribution in [1.82, 2.24) is 0 Å². The Bertz CT molecular complexity index is 377. The Balaban J connectivity index is 2.61. The third-order valence-corrected chi connectivity index (χ3v) is 2.37. The third-order valence-electron chi connectivity index (χ3n) is 2.16. The van der Waals surface area contributed by atoms with Crippen molar-refractivity contribution in [2.24, 2.45) is 5.73 Å². The number of benzene rings is 1. The highest BCUT2D eigenvalue weighted by Gasteiger charge is 2.12. The summed E-state index contributed by atoms with van der Waals surface area (Å²) in [6.45, 7) is 0.244. The number of nitrogens with two attached hydrogens (primary N) is 1. The van der Waals surface area contributed by atoms with E-state index in [-0.39, 0.29) is 30.0 Å². The van der Waals surface area contributed by atoms with Crippen LogP contribution in [0.15, 0.2) is 18.2 Å². The van der Waals surface area contributed by atoms with Gasteiger partial charge in [0.05, 0.1) is 12.5 Å². The summed E-state index contributed by atoms with van der Waals surface area (Å²) < 4.78 is 18.0. The molecule has 0 aliphatic rings. The molecule has 0 radical (unpaired) electrons. The summed E-state index contributed by atoms with van der Waals surface area (Å²) >= 11 is 5.66. The van der Waals surface area contributed by atoms with Crippen molar-refractivity contribution in [3.05, 3.63) is 29.0 Å². The lowest BCUT2D eigenvalue weighted by Gasteiger charge is -2.12. The number of hydrogen-bond acceptors (Lipinski definition) is 3. The molecule has 1 aromatic carbocycles. The molecule has 1 aromatic rings. The molecule has 0 heterocycles. The van der Waals surface area contributed by atoms with Crippen LogP contribution >= 0.6 is 11.6 Å². The molecule has 0 saturated heterocycles. The summed E-state index contributed by atoms with van der Waals surface area (Å²) in [5, 5.41) is 2.75. The summed E-state index contributed by atoms with van der Waals surface area (Å²) in [4.78, 5) is 11.6. The van der Waals surface area contributed by atoms with Gasteiger partial charge in [0.2, 0.25) is 5.91 Å². The van der Waals surface area contributed by atoms with E-state index < -0.39 is 5.82 Å². The number of ether oxygens (including phenoxy) is 1. The summed E-state index contributed by atoms with van der Waals surface area (Å²) in [7, 11) is 1.48. The SMILES string of the molecule is COC(CN)CC(=O)Nc1cc(F)cc(Cl)c1. The number of rotatable bonds is 5. The van der Waals surface area contributed by atoms with Gasteiger partial charge in [-0.05, 0) is 18.2 Å². The van der Waals surface area contributed by atoms with Gasteiger partial charge < -0.3 is 15.8 Å². The Morgan fingerprint density at radius 1 is 1.59 bits per heavy atom. The van der Waals surface area contributed by atoms with Crippen LogP contribution in [0.1, 0.15) is 6.42 Å². The molecule has 1 amide bonds. The van der Waals surface area contributed by atoms with Crippen LogP contribution in [0, 0.1) is 5.82 Å². The Kier molecular flexibility index (Phi) is 5.34. The van der Waals surface area contributed by atoms with Crippen LogP contribution in [0.4, 0.5) is 10.1 Å². The third kappa shape index (κ3) is 4.68. The number of methoxy groups -OCH3 is 1. The van der Waals surface area contributed by atoms with Gasteiger partial charge in [-0.15, -0.1) is 0 Å². The molecule has 6 heteroatoms. The number of carbonyl (C=O) groups is 1. The molecule has 4 nitrogen and oxygen atoms in total. The number of nitrogens with one attached hydrogen (secondary N) is 1. The van der Waals surface area contributed by atoms with E-state index in [4.69, 9.17) is 22.1 Å². The average molecular weight is 261 g/mol. The lowest BCUT2D eigenvalue weighted by atomic mass is 10.2. The second-order valence-electron chi connectivity index (χ2n) is 3.50. The first-order valence-electron chi connectivity index (χ1n) is 5.04. The minimum absolute atomic E-state index is 0.112. The molecule has 0 aliphatic heterocycles. The van der Waals surface area contributed by atoms with Crippen molar-refractivity contribution in [2.45, 2.75) is 12.5 Å². The van der Waals surface area contributed by atoms with E-state index in [9.17, 15) is 9.18 Å². The predicted molar refractivity (Wildman–Crippen MR) is 64.5 cm³/mol. The maximum Gasteiger partial charge on any atom is 0.227 e. The summed E-state index contributed by atoms with van der Waals surface area (Å²) in [5.41, 5.74) is 5.70. The van der Waals surface area contributed by atoms with E-state index in [1.807, 2.05) is 0 Å². The van der Waals surface area contributed by atoms with Crippen LogP contribution in [0.2, 0.25) is 5.02 Å². The standard InChI is InChI=1S/C11H14ClFN2O2/c1-17-10(6-14)5-11(16)15-9-3-7(12)2-8(13)4-9/h2-4,10H,5-6,14H2,1H3,(H,15,16). The molecule has 0 aliphatic carbocycles. The first-order chi connectivity index (χ1) is 8.05. The van der Waals surface area contributed by atoms with Gasteiger partial charge in [0.1, 0.15) is 5.82 Å². The van der Waals surface area contributed by atoms with Crippen LogP contribution in [-0.4, -0.2) is 25.7 Å². The van der Waals surface area contributed by atoms with E-state index in [0.717, 1.165) is 6.07 Å². The van der Waals surface area contributed by atoms with Gasteiger partial charge in [-0.1, -0.05) is 11.6 Å². The Hall–Kier alpha value is -1.17. The molecule has 0 saturated carbocycles. The first-order valence-corrected chi connectivity index (χ1v) is 5.41. The summed E-state index contributed by atoms with van der Waals surface area (Å²) in [5.74, 6) is -0.807. The molecule has 0 spiro atoms. The van der Waals surface area contributed by atoms with Gasteiger partial charge in [-0.3, -0.25) is 4.79 Å². The molecule has 1 rings (SSSR count). The summed E-state index contributed by atoms with van der Waals surface area (Å²) in [6.07, 6.45) is -0.236. The van der Waals surface area contributed by atoms with Crippen molar-refractivity contribution in [3.63, 3.8) is 0 Å². The van der Waals surface area contributed by atoms with E-state index in [2.05, 4.69) is 5.32 Å². The van der Waals surface area contributed by atoms with Crippen molar-refractivity contribution >= 4 is 23.2 Å². The van der Waals surface area contributed by atoms with Gasteiger partial charge in [0.15, 0.2) is 0 Å². The zero-order chi connectivity index (χ0) is 12.8. The van der Waals surface area contributed by atoms with E-state index in [0.29, 0.717) is 5.69 Å². The number of carbonyl (C=O) groups excluding carboxylic acids is 1. The molecule has 94 valence electrons. The lowest BCUT2D eigenvalue weighted by molar-refractivity contribution is -0.118. The number of halogens is 2. The van der Waals surface area contributed by atoms with Crippen molar-refractivity contribution in [1.29, 1.82) is 0 Å². The number of amides is 1. The molecular formula is C11H14ClFN2O2. The smallest absolute Gasteiger partial charge is 0.227 e. The fourth-order valence-electron chi connectivity index (χ4n) is 1.31. The molecule has 0 fully saturated rings. The maximum absolute atomic E-state index is 13.0. The Morgan fingerprint density at radius 2 is 2.29 bits per heavy atom. The van der Waals surface area contributed by atoms with E-state index in [1.165, 1.54) is 19.2 Å². The van der Waals surface area contributed by atoms with Gasteiger partial charge in [0.25, 0.3) is 0 Å². The van der Waals surface area contributed by atoms with Crippen LogP contribution in [-0.2, 0) is 9.53 Å². The topological polar surface area (TPSA) is 64.3 Å². The molecule has 1 atom stereocenters. The number of anilines is 1.